The molecule has 1 N–H and O–H groups in total. The van der Waals surface area contributed by atoms with Crippen molar-refractivity contribution in [3.63, 3.8) is 0 Å². The van der Waals surface area contributed by atoms with Gasteiger partial charge in [0.25, 0.3) is 0 Å². The van der Waals surface area contributed by atoms with E-state index in [0.29, 0.717) is 28.0 Å². The standard InChI is InChI=1S/C20H19ClN4O4S2/c1-29-15-8-4-13(5-9-15)19-23-24-20(30-19)22-18(26)17-3-2-12-25(17)31(27,28)16-10-6-14(21)7-11-16/h4-11,17H,2-3,12H2,1H3,(H,22,24,26)/t17-/m0/s1. The SMILES string of the molecule is COc1ccc(-c2nnc(NC(=O)[C@@H]3CCCN3S(=O)(=O)c3ccc(Cl)cc3)s2)cc1. The molecule has 11 heteroatoms. The highest BCUT2D eigenvalue weighted by molar-refractivity contribution is 7.89. The predicted octanol–water partition coefficient (Wildman–Crippen LogP) is 3.66. The van der Waals surface area contributed by atoms with Gasteiger partial charge in [-0.25, -0.2) is 8.42 Å². The van der Waals surface area contributed by atoms with E-state index in [1.165, 1.54) is 39.9 Å². The number of benzene rings is 2. The maximum absolute atomic E-state index is 13.0. The molecule has 31 heavy (non-hydrogen) atoms. The molecular formula is C20H19ClN4O4S2. The van der Waals surface area contributed by atoms with Gasteiger partial charge in [0.15, 0.2) is 0 Å². The summed E-state index contributed by atoms with van der Waals surface area (Å²) >= 11 is 7.08. The second-order valence-electron chi connectivity index (χ2n) is 6.86. The van der Waals surface area contributed by atoms with Crippen molar-refractivity contribution in [2.45, 2.75) is 23.8 Å². The zero-order valence-corrected chi connectivity index (χ0v) is 18.9. The van der Waals surface area contributed by atoms with Crippen molar-refractivity contribution in [1.82, 2.24) is 14.5 Å². The summed E-state index contributed by atoms with van der Waals surface area (Å²) in [5.41, 5.74) is 0.839. The lowest BCUT2D eigenvalue weighted by molar-refractivity contribution is -0.119. The van der Waals surface area contributed by atoms with E-state index in [0.717, 1.165) is 11.3 Å². The molecule has 8 nitrogen and oxygen atoms in total. The lowest BCUT2D eigenvalue weighted by atomic mass is 10.2. The molecule has 0 aliphatic carbocycles. The number of halogens is 1. The van der Waals surface area contributed by atoms with Gasteiger partial charge in [0, 0.05) is 17.1 Å². The largest absolute Gasteiger partial charge is 0.497 e. The molecule has 1 aliphatic rings. The molecule has 0 radical (unpaired) electrons. The number of anilines is 1. The fourth-order valence-electron chi connectivity index (χ4n) is 3.34. The van der Waals surface area contributed by atoms with Gasteiger partial charge in [0.05, 0.1) is 12.0 Å². The van der Waals surface area contributed by atoms with Crippen LogP contribution >= 0.6 is 22.9 Å². The Balaban J connectivity index is 1.49. The maximum Gasteiger partial charge on any atom is 0.244 e. The first-order chi connectivity index (χ1) is 14.9. The van der Waals surface area contributed by atoms with E-state index in [2.05, 4.69) is 15.5 Å². The van der Waals surface area contributed by atoms with Crippen molar-refractivity contribution in [2.75, 3.05) is 19.0 Å². The Morgan fingerprint density at radius 3 is 2.55 bits per heavy atom. The Labute approximate surface area is 188 Å². The van der Waals surface area contributed by atoms with E-state index in [1.807, 2.05) is 24.3 Å². The average molecular weight is 479 g/mol. The first-order valence-corrected chi connectivity index (χ1v) is 12.1. The van der Waals surface area contributed by atoms with Crippen LogP contribution in [0.25, 0.3) is 10.6 Å². The number of carbonyl (C=O) groups excluding carboxylic acids is 1. The number of amides is 1. The highest BCUT2D eigenvalue weighted by Crippen LogP contribution is 2.30. The second-order valence-corrected chi connectivity index (χ2v) is 10.2. The molecule has 0 unspecified atom stereocenters. The van der Waals surface area contributed by atoms with E-state index in [-0.39, 0.29) is 11.4 Å². The molecule has 0 spiro atoms. The monoisotopic (exact) mass is 478 g/mol. The van der Waals surface area contributed by atoms with Gasteiger partial charge in [-0.05, 0) is 61.4 Å². The summed E-state index contributed by atoms with van der Waals surface area (Å²) in [6.45, 7) is 0.274. The third kappa shape index (κ3) is 4.57. The number of nitrogens with zero attached hydrogens (tertiary/aromatic N) is 3. The van der Waals surface area contributed by atoms with Crippen molar-refractivity contribution in [1.29, 1.82) is 0 Å². The Kier molecular flexibility index (Phi) is 6.24. The van der Waals surface area contributed by atoms with Crippen LogP contribution in [0.1, 0.15) is 12.8 Å². The van der Waals surface area contributed by atoms with E-state index in [4.69, 9.17) is 16.3 Å². The van der Waals surface area contributed by atoms with Gasteiger partial charge in [-0.2, -0.15) is 4.31 Å². The molecule has 1 saturated heterocycles. The number of hydrogen-bond donors (Lipinski definition) is 1. The number of nitrogens with one attached hydrogen (secondary N) is 1. The molecule has 3 aromatic rings. The zero-order valence-electron chi connectivity index (χ0n) is 16.5. The first kappa shape index (κ1) is 21.7. The molecule has 0 bridgehead atoms. The molecule has 1 aromatic heterocycles. The molecule has 4 rings (SSSR count). The van der Waals surface area contributed by atoms with Crippen LogP contribution in [0.5, 0.6) is 5.75 Å². The van der Waals surface area contributed by atoms with E-state index >= 15 is 0 Å². The van der Waals surface area contributed by atoms with Crippen LogP contribution in [0.2, 0.25) is 5.02 Å². The molecule has 2 heterocycles. The van der Waals surface area contributed by atoms with Gasteiger partial charge in [0.2, 0.25) is 21.1 Å². The van der Waals surface area contributed by atoms with Crippen LogP contribution in [-0.4, -0.2) is 48.5 Å². The van der Waals surface area contributed by atoms with E-state index < -0.39 is 22.0 Å². The number of ether oxygens (including phenoxy) is 1. The summed E-state index contributed by atoms with van der Waals surface area (Å²) in [7, 11) is -2.23. The molecule has 0 saturated carbocycles. The number of aromatic nitrogens is 2. The topological polar surface area (TPSA) is 101 Å². The minimum atomic E-state index is -3.82. The smallest absolute Gasteiger partial charge is 0.244 e. The van der Waals surface area contributed by atoms with Crippen molar-refractivity contribution in [2.24, 2.45) is 0 Å². The summed E-state index contributed by atoms with van der Waals surface area (Å²) in [5.74, 6) is 0.303. The fraction of sp³-hybridized carbons (Fsp3) is 0.250. The van der Waals surface area contributed by atoms with Crippen molar-refractivity contribution in [3.05, 3.63) is 53.6 Å². The summed E-state index contributed by atoms with van der Waals surface area (Å²) in [4.78, 5) is 13.0. The Hall–Kier alpha value is -2.53. The van der Waals surface area contributed by atoms with E-state index in [1.54, 1.807) is 7.11 Å². The lowest BCUT2D eigenvalue weighted by Crippen LogP contribution is -2.43. The van der Waals surface area contributed by atoms with Gasteiger partial charge in [-0.1, -0.05) is 22.9 Å². The number of rotatable bonds is 6. The Morgan fingerprint density at radius 1 is 1.16 bits per heavy atom. The van der Waals surface area contributed by atoms with Crippen LogP contribution in [0.3, 0.4) is 0 Å². The highest BCUT2D eigenvalue weighted by atomic mass is 35.5. The molecule has 1 amide bonds. The average Bonchev–Trinajstić information content (AvgIpc) is 3.44. The number of carbonyl (C=O) groups is 1. The molecule has 1 fully saturated rings. The third-order valence-electron chi connectivity index (χ3n) is 4.92. The van der Waals surface area contributed by atoms with Gasteiger partial charge >= 0.3 is 0 Å². The molecule has 1 aliphatic heterocycles. The molecule has 1 atom stereocenters. The summed E-state index contributed by atoms with van der Waals surface area (Å²) in [5, 5.41) is 12.2. The Morgan fingerprint density at radius 2 is 1.87 bits per heavy atom. The number of methoxy groups -OCH3 is 1. The third-order valence-corrected chi connectivity index (χ3v) is 7.98. The molecule has 162 valence electrons. The van der Waals surface area contributed by atoms with E-state index in [9.17, 15) is 13.2 Å². The number of sulfonamides is 1. The quantitative estimate of drug-likeness (QED) is 0.580. The van der Waals surface area contributed by atoms with Crippen LogP contribution in [0.4, 0.5) is 5.13 Å². The van der Waals surface area contributed by atoms with Crippen LogP contribution in [0, 0.1) is 0 Å². The predicted molar refractivity (Wildman–Crippen MR) is 119 cm³/mol. The van der Waals surface area contributed by atoms with Gasteiger partial charge in [-0.15, -0.1) is 10.2 Å². The second kappa shape index (κ2) is 8.91. The van der Waals surface area contributed by atoms with Crippen molar-refractivity contribution < 1.29 is 17.9 Å². The van der Waals surface area contributed by atoms with Crippen LogP contribution < -0.4 is 10.1 Å². The normalized spacial score (nSPS) is 16.9. The number of hydrogen-bond acceptors (Lipinski definition) is 7. The minimum absolute atomic E-state index is 0.106. The summed E-state index contributed by atoms with van der Waals surface area (Å²) in [6, 6.07) is 12.4. The molecular weight excluding hydrogens is 460 g/mol. The van der Waals surface area contributed by atoms with Gasteiger partial charge < -0.3 is 4.74 Å². The van der Waals surface area contributed by atoms with Gasteiger partial charge in [0.1, 0.15) is 16.8 Å². The minimum Gasteiger partial charge on any atom is -0.497 e. The van der Waals surface area contributed by atoms with Crippen LogP contribution in [-0.2, 0) is 14.8 Å². The van der Waals surface area contributed by atoms with Crippen LogP contribution in [0.15, 0.2) is 53.4 Å². The first-order valence-electron chi connectivity index (χ1n) is 9.45. The van der Waals surface area contributed by atoms with Gasteiger partial charge in [-0.3, -0.25) is 10.1 Å². The lowest BCUT2D eigenvalue weighted by Gasteiger charge is -2.23. The van der Waals surface area contributed by atoms with Crippen molar-refractivity contribution in [3.8, 4) is 16.3 Å². The Bertz CT molecular complexity index is 1180. The maximum atomic E-state index is 13.0. The molecule has 2 aromatic carbocycles. The highest BCUT2D eigenvalue weighted by Gasteiger charge is 2.39. The summed E-state index contributed by atoms with van der Waals surface area (Å²) < 4.78 is 32.4. The van der Waals surface area contributed by atoms with Crippen molar-refractivity contribution >= 4 is 44.0 Å². The zero-order chi connectivity index (χ0) is 22.0. The fourth-order valence-corrected chi connectivity index (χ4v) is 5.88. The summed E-state index contributed by atoms with van der Waals surface area (Å²) in [6.07, 6.45) is 1.03.